The van der Waals surface area contributed by atoms with Gasteiger partial charge in [0.05, 0.1) is 18.1 Å². The first-order valence-electron chi connectivity index (χ1n) is 7.72. The number of hydrogen-bond acceptors (Lipinski definition) is 4. The zero-order chi connectivity index (χ0) is 18.2. The lowest BCUT2D eigenvalue weighted by atomic mass is 10.1. The topological polar surface area (TPSA) is 69.7 Å². The summed E-state index contributed by atoms with van der Waals surface area (Å²) in [7, 11) is 1.31. The van der Waals surface area contributed by atoms with Gasteiger partial charge in [-0.25, -0.2) is 9.10 Å². The predicted molar refractivity (Wildman–Crippen MR) is 96.8 cm³/mol. The van der Waals surface area contributed by atoms with Crippen molar-refractivity contribution in [1.29, 1.82) is 0 Å². The SMILES string of the molecule is COC(=O)c1ccc(CN(CCC(Cl)c2ccccc2)S(=O)[O-])cc1. The van der Waals surface area contributed by atoms with E-state index in [4.69, 9.17) is 11.6 Å². The highest BCUT2D eigenvalue weighted by molar-refractivity contribution is 7.76. The van der Waals surface area contributed by atoms with E-state index in [2.05, 4.69) is 4.74 Å². The fraction of sp³-hybridized carbons (Fsp3) is 0.278. The molecule has 134 valence electrons. The van der Waals surface area contributed by atoms with Crippen LogP contribution < -0.4 is 0 Å². The molecule has 5 nitrogen and oxygen atoms in total. The molecular formula is C18H19ClNO4S-. The lowest BCUT2D eigenvalue weighted by molar-refractivity contribution is 0.0600. The Morgan fingerprint density at radius 1 is 1.20 bits per heavy atom. The minimum atomic E-state index is -2.36. The van der Waals surface area contributed by atoms with Crippen molar-refractivity contribution in [2.24, 2.45) is 0 Å². The molecule has 0 saturated heterocycles. The van der Waals surface area contributed by atoms with Gasteiger partial charge >= 0.3 is 5.97 Å². The maximum Gasteiger partial charge on any atom is 0.337 e. The molecule has 0 aromatic heterocycles. The molecule has 25 heavy (non-hydrogen) atoms. The van der Waals surface area contributed by atoms with Crippen LogP contribution in [0.5, 0.6) is 0 Å². The smallest absolute Gasteiger partial charge is 0.337 e. The second kappa shape index (κ2) is 9.68. The van der Waals surface area contributed by atoms with Gasteiger partial charge in [-0.05, 0) is 29.7 Å². The number of halogens is 1. The maximum atomic E-state index is 11.5. The van der Waals surface area contributed by atoms with Gasteiger partial charge in [-0.2, -0.15) is 0 Å². The van der Waals surface area contributed by atoms with E-state index in [1.54, 1.807) is 24.3 Å². The number of nitrogens with zero attached hydrogens (tertiary/aromatic N) is 1. The summed E-state index contributed by atoms with van der Waals surface area (Å²) >= 11 is 3.99. The number of esters is 1. The van der Waals surface area contributed by atoms with E-state index < -0.39 is 17.2 Å². The molecule has 2 aromatic rings. The van der Waals surface area contributed by atoms with Crippen molar-refractivity contribution in [2.75, 3.05) is 13.7 Å². The molecule has 0 bridgehead atoms. The highest BCUT2D eigenvalue weighted by Gasteiger charge is 2.13. The molecule has 2 rings (SSSR count). The number of ether oxygens (including phenoxy) is 1. The second-order valence-electron chi connectivity index (χ2n) is 5.44. The Morgan fingerprint density at radius 3 is 2.40 bits per heavy atom. The molecule has 0 saturated carbocycles. The fourth-order valence-corrected chi connectivity index (χ4v) is 3.11. The summed E-state index contributed by atoms with van der Waals surface area (Å²) in [5.74, 6) is -0.427. The molecule has 0 fully saturated rings. The normalized spacial score (nSPS) is 13.4. The van der Waals surface area contributed by atoms with Gasteiger partial charge < -0.3 is 9.29 Å². The number of hydrogen-bond donors (Lipinski definition) is 0. The first-order valence-corrected chi connectivity index (χ1v) is 9.18. The Hall–Kier alpha value is -1.73. The molecule has 2 unspecified atom stereocenters. The van der Waals surface area contributed by atoms with Gasteiger partial charge in [0, 0.05) is 24.4 Å². The maximum absolute atomic E-state index is 11.5. The number of benzene rings is 2. The standard InChI is InChI=1S/C18H20ClNO4S/c1-24-18(21)16-9-7-14(8-10-16)13-20(25(22)23)12-11-17(19)15-5-3-2-4-6-15/h2-10,17H,11-13H2,1H3,(H,22,23)/p-1. The number of carbonyl (C=O) groups is 1. The van der Waals surface area contributed by atoms with Gasteiger partial charge in [-0.15, -0.1) is 11.6 Å². The van der Waals surface area contributed by atoms with Crippen LogP contribution in [0.25, 0.3) is 0 Å². The van der Waals surface area contributed by atoms with Gasteiger partial charge in [0.2, 0.25) is 0 Å². The highest BCUT2D eigenvalue weighted by atomic mass is 35.5. The van der Waals surface area contributed by atoms with E-state index in [-0.39, 0.29) is 11.9 Å². The molecule has 0 heterocycles. The van der Waals surface area contributed by atoms with E-state index in [1.165, 1.54) is 11.4 Å². The van der Waals surface area contributed by atoms with Crippen LogP contribution >= 0.6 is 11.6 Å². The van der Waals surface area contributed by atoms with Crippen molar-refractivity contribution < 1.29 is 18.3 Å². The zero-order valence-electron chi connectivity index (χ0n) is 13.8. The largest absolute Gasteiger partial charge is 0.760 e. The lowest BCUT2D eigenvalue weighted by Gasteiger charge is -2.25. The summed E-state index contributed by atoms with van der Waals surface area (Å²) in [4.78, 5) is 11.4. The van der Waals surface area contributed by atoms with E-state index in [0.717, 1.165) is 11.1 Å². The third kappa shape index (κ3) is 5.93. The van der Waals surface area contributed by atoms with E-state index in [1.807, 2.05) is 30.3 Å². The molecule has 2 atom stereocenters. The van der Waals surface area contributed by atoms with Crippen molar-refractivity contribution in [3.05, 3.63) is 71.3 Å². The minimum Gasteiger partial charge on any atom is -0.760 e. The minimum absolute atomic E-state index is 0.218. The first kappa shape index (κ1) is 19.6. The van der Waals surface area contributed by atoms with Gasteiger partial charge in [0.1, 0.15) is 0 Å². The Labute approximate surface area is 155 Å². The zero-order valence-corrected chi connectivity index (χ0v) is 15.3. The highest BCUT2D eigenvalue weighted by Crippen LogP contribution is 2.24. The van der Waals surface area contributed by atoms with Crippen LogP contribution in [0.15, 0.2) is 54.6 Å². The third-order valence-corrected chi connectivity index (χ3v) is 4.94. The van der Waals surface area contributed by atoms with Crippen molar-refractivity contribution in [1.82, 2.24) is 4.31 Å². The Kier molecular flexibility index (Phi) is 7.58. The average Bonchev–Trinajstić information content (AvgIpc) is 2.65. The Balaban J connectivity index is 1.96. The van der Waals surface area contributed by atoms with E-state index in [9.17, 15) is 13.6 Å². The van der Waals surface area contributed by atoms with Crippen molar-refractivity contribution >= 4 is 28.8 Å². The van der Waals surface area contributed by atoms with Gasteiger partial charge in [-0.3, -0.25) is 4.21 Å². The van der Waals surface area contributed by atoms with Crippen molar-refractivity contribution in [2.45, 2.75) is 18.3 Å². The summed E-state index contributed by atoms with van der Waals surface area (Å²) < 4.78 is 28.9. The van der Waals surface area contributed by atoms with Crippen LogP contribution in [-0.2, 0) is 22.5 Å². The molecular weight excluding hydrogens is 362 g/mol. The van der Waals surface area contributed by atoms with Crippen LogP contribution in [0.1, 0.15) is 33.3 Å². The van der Waals surface area contributed by atoms with Gasteiger partial charge in [0.25, 0.3) is 0 Å². The van der Waals surface area contributed by atoms with E-state index in [0.29, 0.717) is 18.5 Å². The summed E-state index contributed by atoms with van der Waals surface area (Å²) in [5, 5.41) is -0.256. The summed E-state index contributed by atoms with van der Waals surface area (Å²) in [6, 6.07) is 16.2. The quantitative estimate of drug-likeness (QED) is 0.399. The Bertz CT molecular complexity index is 709. The van der Waals surface area contributed by atoms with Gasteiger partial charge in [0.15, 0.2) is 0 Å². The number of rotatable bonds is 8. The fourth-order valence-electron chi connectivity index (χ4n) is 2.36. The molecule has 0 radical (unpaired) electrons. The van der Waals surface area contributed by atoms with Crippen LogP contribution in [0.3, 0.4) is 0 Å². The molecule has 0 amide bonds. The molecule has 0 N–H and O–H groups in total. The second-order valence-corrected chi connectivity index (χ2v) is 6.91. The number of alkyl halides is 1. The van der Waals surface area contributed by atoms with Crippen LogP contribution in [-0.4, -0.2) is 32.7 Å². The average molecular weight is 381 g/mol. The number of methoxy groups -OCH3 is 1. The summed E-state index contributed by atoms with van der Waals surface area (Å²) in [6.07, 6.45) is 0.500. The summed E-state index contributed by atoms with van der Waals surface area (Å²) in [5.41, 5.74) is 2.16. The van der Waals surface area contributed by atoms with Crippen molar-refractivity contribution in [3.8, 4) is 0 Å². The third-order valence-electron chi connectivity index (χ3n) is 3.74. The monoisotopic (exact) mass is 380 g/mol. The molecule has 7 heteroatoms. The van der Waals surface area contributed by atoms with Crippen LogP contribution in [0.2, 0.25) is 0 Å². The molecule has 0 aliphatic rings. The molecule has 2 aromatic carbocycles. The van der Waals surface area contributed by atoms with Crippen LogP contribution in [0.4, 0.5) is 0 Å². The van der Waals surface area contributed by atoms with Gasteiger partial charge in [-0.1, -0.05) is 42.5 Å². The molecule has 0 aliphatic carbocycles. The summed E-state index contributed by atoms with van der Waals surface area (Å²) in [6.45, 7) is 0.522. The molecule has 0 spiro atoms. The van der Waals surface area contributed by atoms with E-state index >= 15 is 0 Å². The number of carbonyl (C=O) groups excluding carboxylic acids is 1. The van der Waals surface area contributed by atoms with Crippen LogP contribution in [0, 0.1) is 0 Å². The molecule has 0 aliphatic heterocycles. The lowest BCUT2D eigenvalue weighted by Crippen LogP contribution is -2.27. The first-order chi connectivity index (χ1) is 12.0. The predicted octanol–water partition coefficient (Wildman–Crippen LogP) is 3.44. The van der Waals surface area contributed by atoms with Crippen molar-refractivity contribution in [3.63, 3.8) is 0 Å². The Morgan fingerprint density at radius 2 is 1.84 bits per heavy atom.